The first-order chi connectivity index (χ1) is 12.7. The molecule has 1 fully saturated rings. The zero-order chi connectivity index (χ0) is 17.9. The first kappa shape index (κ1) is 17.2. The van der Waals surface area contributed by atoms with Crippen molar-refractivity contribution in [3.63, 3.8) is 0 Å². The number of fused-ring (bicyclic) bond motifs is 1. The van der Waals surface area contributed by atoms with E-state index in [9.17, 15) is 4.79 Å². The van der Waals surface area contributed by atoms with Gasteiger partial charge in [0.05, 0.1) is 16.8 Å². The van der Waals surface area contributed by atoms with Crippen molar-refractivity contribution in [3.8, 4) is 0 Å². The molecule has 3 aromatic rings. The van der Waals surface area contributed by atoms with E-state index in [2.05, 4.69) is 30.1 Å². The molecule has 4 rings (SSSR count). The van der Waals surface area contributed by atoms with Crippen molar-refractivity contribution < 1.29 is 4.79 Å². The topological polar surface area (TPSA) is 49.0 Å². The predicted molar refractivity (Wildman–Crippen MR) is 107 cm³/mol. The largest absolute Gasteiger partial charge is 0.342 e. The molecule has 1 aromatic heterocycles. The van der Waals surface area contributed by atoms with Crippen LogP contribution in [0.25, 0.3) is 11.0 Å². The van der Waals surface area contributed by atoms with Crippen LogP contribution in [0.4, 0.5) is 0 Å². The Balaban J connectivity index is 1.33. The Kier molecular flexibility index (Phi) is 4.98. The summed E-state index contributed by atoms with van der Waals surface area (Å²) in [5, 5.41) is 0. The highest BCUT2D eigenvalue weighted by Gasteiger charge is 2.25. The smallest absolute Gasteiger partial charge is 0.232 e. The van der Waals surface area contributed by atoms with E-state index in [1.807, 2.05) is 35.2 Å². The maximum atomic E-state index is 12.5. The van der Waals surface area contributed by atoms with Gasteiger partial charge in [-0.3, -0.25) is 4.79 Å². The fourth-order valence-corrected chi connectivity index (χ4v) is 4.45. The first-order valence-electron chi connectivity index (χ1n) is 9.11. The number of aromatic nitrogens is 2. The number of nitrogens with zero attached hydrogens (tertiary/aromatic N) is 2. The standard InChI is InChI=1S/C21H23N3OS/c1-15-6-2-5-9-19(15)26-14-20(25)24-12-10-16(11-13-24)21-22-17-7-3-4-8-18(17)23-21/h2-9,16H,10-14H2,1H3,(H,22,23). The SMILES string of the molecule is Cc1ccccc1SCC(=O)N1CCC(c2nc3ccccc3[nH]2)CC1. The molecule has 5 heteroatoms. The summed E-state index contributed by atoms with van der Waals surface area (Å²) in [5.74, 6) is 2.23. The third kappa shape index (κ3) is 3.63. The number of para-hydroxylation sites is 2. The lowest BCUT2D eigenvalue weighted by atomic mass is 9.96. The Labute approximate surface area is 158 Å². The Morgan fingerprint density at radius 2 is 1.88 bits per heavy atom. The Bertz CT molecular complexity index is 879. The van der Waals surface area contributed by atoms with E-state index < -0.39 is 0 Å². The number of rotatable bonds is 4. The first-order valence-corrected chi connectivity index (χ1v) is 10.1. The lowest BCUT2D eigenvalue weighted by Crippen LogP contribution is -2.39. The number of nitrogens with one attached hydrogen (secondary N) is 1. The van der Waals surface area contributed by atoms with E-state index in [1.165, 1.54) is 10.5 Å². The van der Waals surface area contributed by atoms with Gasteiger partial charge >= 0.3 is 0 Å². The zero-order valence-electron chi connectivity index (χ0n) is 14.9. The molecule has 1 aliphatic rings. The van der Waals surface area contributed by atoms with Gasteiger partial charge < -0.3 is 9.88 Å². The van der Waals surface area contributed by atoms with Crippen molar-refractivity contribution >= 4 is 28.7 Å². The number of aryl methyl sites for hydroxylation is 1. The van der Waals surface area contributed by atoms with Gasteiger partial charge in [0.25, 0.3) is 0 Å². The number of aromatic amines is 1. The van der Waals surface area contributed by atoms with Crippen LogP contribution in [-0.2, 0) is 4.79 Å². The molecule has 0 bridgehead atoms. The summed E-state index contributed by atoms with van der Waals surface area (Å²) in [5.41, 5.74) is 3.35. The molecule has 1 aliphatic heterocycles. The number of hydrogen-bond acceptors (Lipinski definition) is 3. The highest BCUT2D eigenvalue weighted by Crippen LogP contribution is 2.29. The van der Waals surface area contributed by atoms with Crippen molar-refractivity contribution in [2.75, 3.05) is 18.8 Å². The molecule has 1 N–H and O–H groups in total. The normalized spacial score (nSPS) is 15.5. The number of thioether (sulfide) groups is 1. The lowest BCUT2D eigenvalue weighted by Gasteiger charge is -2.31. The fourth-order valence-electron chi connectivity index (χ4n) is 3.52. The van der Waals surface area contributed by atoms with Gasteiger partial charge in [-0.15, -0.1) is 11.8 Å². The highest BCUT2D eigenvalue weighted by atomic mass is 32.2. The van der Waals surface area contributed by atoms with Crippen LogP contribution >= 0.6 is 11.8 Å². The third-order valence-corrected chi connectivity index (χ3v) is 6.25. The number of carbonyl (C=O) groups is 1. The molecule has 0 spiro atoms. The molecule has 1 amide bonds. The van der Waals surface area contributed by atoms with Crippen molar-refractivity contribution in [1.29, 1.82) is 0 Å². The molecule has 134 valence electrons. The van der Waals surface area contributed by atoms with E-state index in [0.717, 1.165) is 42.8 Å². The highest BCUT2D eigenvalue weighted by molar-refractivity contribution is 8.00. The second kappa shape index (κ2) is 7.54. The molecule has 4 nitrogen and oxygen atoms in total. The number of carbonyl (C=O) groups excluding carboxylic acids is 1. The van der Waals surface area contributed by atoms with Crippen LogP contribution in [0.2, 0.25) is 0 Å². The van der Waals surface area contributed by atoms with Crippen molar-refractivity contribution in [2.45, 2.75) is 30.6 Å². The van der Waals surface area contributed by atoms with Gasteiger partial charge in [0.1, 0.15) is 5.82 Å². The van der Waals surface area contributed by atoms with Crippen molar-refractivity contribution in [2.24, 2.45) is 0 Å². The number of amides is 1. The lowest BCUT2D eigenvalue weighted by molar-refractivity contribution is -0.129. The van der Waals surface area contributed by atoms with Crippen LogP contribution < -0.4 is 0 Å². The third-order valence-electron chi connectivity index (χ3n) is 5.09. The number of hydrogen-bond donors (Lipinski definition) is 1. The fraction of sp³-hybridized carbons (Fsp3) is 0.333. The van der Waals surface area contributed by atoms with Gasteiger partial charge in [-0.2, -0.15) is 0 Å². The van der Waals surface area contributed by atoms with E-state index in [1.54, 1.807) is 11.8 Å². The van der Waals surface area contributed by atoms with Gasteiger partial charge in [0.2, 0.25) is 5.91 Å². The average molecular weight is 366 g/mol. The predicted octanol–water partition coefficient (Wildman–Crippen LogP) is 4.37. The number of piperidine rings is 1. The summed E-state index contributed by atoms with van der Waals surface area (Å²) in [6.07, 6.45) is 1.95. The molecule has 0 atom stereocenters. The van der Waals surface area contributed by atoms with Gasteiger partial charge in [-0.25, -0.2) is 4.98 Å². The molecule has 26 heavy (non-hydrogen) atoms. The van der Waals surface area contributed by atoms with Crippen molar-refractivity contribution in [1.82, 2.24) is 14.9 Å². The Morgan fingerprint density at radius 3 is 2.65 bits per heavy atom. The second-order valence-corrected chi connectivity index (χ2v) is 7.87. The summed E-state index contributed by atoms with van der Waals surface area (Å²) >= 11 is 1.64. The minimum absolute atomic E-state index is 0.237. The van der Waals surface area contributed by atoms with Crippen LogP contribution in [-0.4, -0.2) is 39.6 Å². The summed E-state index contributed by atoms with van der Waals surface area (Å²) in [6.45, 7) is 3.72. The van der Waals surface area contributed by atoms with Crippen LogP contribution in [0.15, 0.2) is 53.4 Å². The molecular formula is C21H23N3OS. The number of H-pyrrole nitrogens is 1. The summed E-state index contributed by atoms with van der Waals surface area (Å²) in [4.78, 5) is 23.9. The quantitative estimate of drug-likeness (QED) is 0.699. The van der Waals surface area contributed by atoms with Crippen molar-refractivity contribution in [3.05, 3.63) is 59.9 Å². The molecular weight excluding hydrogens is 342 g/mol. The molecule has 0 saturated carbocycles. The summed E-state index contributed by atoms with van der Waals surface area (Å²) < 4.78 is 0. The van der Waals surface area contributed by atoms with Crippen LogP contribution in [0.5, 0.6) is 0 Å². The molecule has 1 saturated heterocycles. The molecule has 0 radical (unpaired) electrons. The molecule has 0 aliphatic carbocycles. The minimum Gasteiger partial charge on any atom is -0.342 e. The van der Waals surface area contributed by atoms with E-state index in [4.69, 9.17) is 4.98 Å². The second-order valence-electron chi connectivity index (χ2n) is 6.85. The number of benzene rings is 2. The Hall–Kier alpha value is -2.27. The Morgan fingerprint density at radius 1 is 1.15 bits per heavy atom. The number of imidazole rings is 1. The maximum Gasteiger partial charge on any atom is 0.232 e. The molecule has 0 unspecified atom stereocenters. The van der Waals surface area contributed by atoms with Crippen LogP contribution in [0.3, 0.4) is 0 Å². The van der Waals surface area contributed by atoms with Gasteiger partial charge in [-0.05, 0) is 43.5 Å². The van der Waals surface area contributed by atoms with Crippen LogP contribution in [0, 0.1) is 6.92 Å². The average Bonchev–Trinajstić information content (AvgIpc) is 3.11. The van der Waals surface area contributed by atoms with Crippen LogP contribution in [0.1, 0.15) is 30.1 Å². The van der Waals surface area contributed by atoms with Gasteiger partial charge in [0.15, 0.2) is 0 Å². The summed E-state index contributed by atoms with van der Waals surface area (Å²) in [7, 11) is 0. The zero-order valence-corrected chi connectivity index (χ0v) is 15.8. The molecule has 2 aromatic carbocycles. The van der Waals surface area contributed by atoms with Gasteiger partial charge in [0, 0.05) is 23.9 Å². The van der Waals surface area contributed by atoms with Gasteiger partial charge in [-0.1, -0.05) is 30.3 Å². The number of likely N-dealkylation sites (tertiary alicyclic amines) is 1. The van der Waals surface area contributed by atoms with E-state index in [0.29, 0.717) is 11.7 Å². The van der Waals surface area contributed by atoms with E-state index in [-0.39, 0.29) is 5.91 Å². The summed E-state index contributed by atoms with van der Waals surface area (Å²) in [6, 6.07) is 16.4. The monoisotopic (exact) mass is 365 g/mol. The molecule has 2 heterocycles. The minimum atomic E-state index is 0.237. The van der Waals surface area contributed by atoms with E-state index >= 15 is 0 Å². The maximum absolute atomic E-state index is 12.5.